The van der Waals surface area contributed by atoms with E-state index < -0.39 is 0 Å². The fourth-order valence-corrected chi connectivity index (χ4v) is 2.43. The number of aromatic nitrogens is 2. The van der Waals surface area contributed by atoms with Gasteiger partial charge in [-0.1, -0.05) is 0 Å². The van der Waals surface area contributed by atoms with Crippen LogP contribution in [0.5, 0.6) is 5.75 Å². The summed E-state index contributed by atoms with van der Waals surface area (Å²) in [6.07, 6.45) is 1.68. The van der Waals surface area contributed by atoms with Crippen LogP contribution in [0.3, 0.4) is 0 Å². The van der Waals surface area contributed by atoms with E-state index in [4.69, 9.17) is 9.15 Å². The standard InChI is InChI=1S/C20H14N4O3/c1-13(25)26-17-10-8-16(9-11-17)24-23-15-6-4-14(5-7-15)20-22-19-18(27-20)3-2-12-21-19/h2-12H,1H3. The summed E-state index contributed by atoms with van der Waals surface area (Å²) in [5.74, 6) is 0.617. The fourth-order valence-electron chi connectivity index (χ4n) is 2.43. The Kier molecular flexibility index (Phi) is 4.40. The molecule has 2 aromatic carbocycles. The van der Waals surface area contributed by atoms with Gasteiger partial charge in [-0.3, -0.25) is 4.79 Å². The molecule has 0 atom stereocenters. The predicted octanol–water partition coefficient (Wildman–Crippen LogP) is 5.23. The summed E-state index contributed by atoms with van der Waals surface area (Å²) in [5, 5.41) is 8.37. The monoisotopic (exact) mass is 358 g/mol. The molecule has 0 amide bonds. The molecule has 7 heteroatoms. The normalized spacial score (nSPS) is 11.1. The molecule has 0 radical (unpaired) electrons. The van der Waals surface area contributed by atoms with E-state index in [1.165, 1.54) is 6.92 Å². The lowest BCUT2D eigenvalue weighted by Gasteiger charge is -2.00. The Balaban J connectivity index is 1.48. The number of nitrogens with zero attached hydrogens (tertiary/aromatic N) is 4. The highest BCUT2D eigenvalue weighted by Crippen LogP contribution is 2.26. The molecule has 0 bridgehead atoms. The first kappa shape index (κ1) is 16.6. The fraction of sp³-hybridized carbons (Fsp3) is 0.0500. The minimum absolute atomic E-state index is 0.362. The number of oxazole rings is 1. The number of carbonyl (C=O) groups is 1. The van der Waals surface area contributed by atoms with Crippen molar-refractivity contribution in [2.45, 2.75) is 6.92 Å². The van der Waals surface area contributed by atoms with Gasteiger partial charge in [0, 0.05) is 18.7 Å². The van der Waals surface area contributed by atoms with Crippen molar-refractivity contribution in [3.63, 3.8) is 0 Å². The number of hydrogen-bond acceptors (Lipinski definition) is 7. The number of hydrogen-bond donors (Lipinski definition) is 0. The van der Waals surface area contributed by atoms with Gasteiger partial charge in [-0.25, -0.2) is 4.98 Å². The highest BCUT2D eigenvalue weighted by atomic mass is 16.5. The maximum absolute atomic E-state index is 10.9. The summed E-state index contributed by atoms with van der Waals surface area (Å²) in [5.41, 5.74) is 3.40. The van der Waals surface area contributed by atoms with Crippen LogP contribution in [0.15, 0.2) is 81.5 Å². The number of benzene rings is 2. The first-order valence-corrected chi connectivity index (χ1v) is 8.19. The molecule has 0 aliphatic heterocycles. The van der Waals surface area contributed by atoms with Crippen molar-refractivity contribution in [3.8, 4) is 17.2 Å². The van der Waals surface area contributed by atoms with Crippen LogP contribution in [0.25, 0.3) is 22.7 Å². The summed E-state index contributed by atoms with van der Waals surface area (Å²) < 4.78 is 10.7. The Morgan fingerprint density at radius 2 is 1.63 bits per heavy atom. The maximum Gasteiger partial charge on any atom is 0.308 e. The van der Waals surface area contributed by atoms with E-state index >= 15 is 0 Å². The Labute approximate surface area is 154 Å². The topological polar surface area (TPSA) is 89.9 Å². The molecule has 0 aliphatic rings. The van der Waals surface area contributed by atoms with Crippen molar-refractivity contribution in [2.75, 3.05) is 0 Å². The highest BCUT2D eigenvalue weighted by molar-refractivity contribution is 5.72. The van der Waals surface area contributed by atoms with Gasteiger partial charge in [-0.15, -0.1) is 0 Å². The lowest BCUT2D eigenvalue weighted by atomic mass is 10.2. The lowest BCUT2D eigenvalue weighted by molar-refractivity contribution is -0.131. The van der Waals surface area contributed by atoms with E-state index in [1.54, 1.807) is 36.5 Å². The van der Waals surface area contributed by atoms with Crippen LogP contribution in [-0.4, -0.2) is 15.9 Å². The Morgan fingerprint density at radius 3 is 2.26 bits per heavy atom. The van der Waals surface area contributed by atoms with Crippen LogP contribution in [0.1, 0.15) is 6.92 Å². The minimum atomic E-state index is -0.362. The van der Waals surface area contributed by atoms with Gasteiger partial charge in [0.1, 0.15) is 5.75 Å². The lowest BCUT2D eigenvalue weighted by Crippen LogP contribution is -2.00. The third kappa shape index (κ3) is 3.87. The molecule has 27 heavy (non-hydrogen) atoms. The molecule has 2 aromatic heterocycles. The van der Waals surface area contributed by atoms with E-state index in [9.17, 15) is 4.79 Å². The number of fused-ring (bicyclic) bond motifs is 1. The minimum Gasteiger partial charge on any atom is -0.434 e. The number of carbonyl (C=O) groups excluding carboxylic acids is 1. The van der Waals surface area contributed by atoms with Crippen molar-refractivity contribution in [1.29, 1.82) is 0 Å². The van der Waals surface area contributed by atoms with Crippen molar-refractivity contribution in [1.82, 2.24) is 9.97 Å². The summed E-state index contributed by atoms with van der Waals surface area (Å²) in [6.45, 7) is 1.36. The molecule has 132 valence electrons. The number of esters is 1. The zero-order valence-electron chi connectivity index (χ0n) is 14.4. The van der Waals surface area contributed by atoms with Gasteiger partial charge < -0.3 is 9.15 Å². The largest absolute Gasteiger partial charge is 0.434 e. The van der Waals surface area contributed by atoms with Crippen molar-refractivity contribution >= 4 is 28.6 Å². The number of ether oxygens (including phenoxy) is 1. The van der Waals surface area contributed by atoms with Crippen LogP contribution < -0.4 is 4.74 Å². The quantitative estimate of drug-likeness (QED) is 0.283. The Morgan fingerprint density at radius 1 is 0.963 bits per heavy atom. The molecular weight excluding hydrogens is 344 g/mol. The summed E-state index contributed by atoms with van der Waals surface area (Å²) in [6, 6.07) is 17.8. The van der Waals surface area contributed by atoms with Crippen LogP contribution in [0.4, 0.5) is 11.4 Å². The average Bonchev–Trinajstić information content (AvgIpc) is 3.12. The van der Waals surface area contributed by atoms with E-state index in [-0.39, 0.29) is 5.97 Å². The summed E-state index contributed by atoms with van der Waals surface area (Å²) in [4.78, 5) is 19.4. The molecule has 4 aromatic rings. The molecule has 0 fully saturated rings. The van der Waals surface area contributed by atoms with Gasteiger partial charge in [-0.2, -0.15) is 15.2 Å². The van der Waals surface area contributed by atoms with E-state index in [1.807, 2.05) is 30.3 Å². The molecule has 0 spiro atoms. The average molecular weight is 358 g/mol. The van der Waals surface area contributed by atoms with Crippen molar-refractivity contribution in [2.24, 2.45) is 10.2 Å². The smallest absolute Gasteiger partial charge is 0.308 e. The van der Waals surface area contributed by atoms with Crippen molar-refractivity contribution < 1.29 is 13.9 Å². The van der Waals surface area contributed by atoms with Crippen LogP contribution in [0.2, 0.25) is 0 Å². The first-order chi connectivity index (χ1) is 13.2. The molecule has 0 unspecified atom stereocenters. The predicted molar refractivity (Wildman–Crippen MR) is 99.2 cm³/mol. The molecule has 0 N–H and O–H groups in total. The second kappa shape index (κ2) is 7.17. The SMILES string of the molecule is CC(=O)Oc1ccc(N=Nc2ccc(-c3nc4ncccc4o3)cc2)cc1. The number of rotatable bonds is 4. The van der Waals surface area contributed by atoms with Gasteiger partial charge in [0.05, 0.1) is 11.4 Å². The molecule has 0 aliphatic carbocycles. The molecule has 2 heterocycles. The second-order valence-electron chi connectivity index (χ2n) is 5.68. The van der Waals surface area contributed by atoms with Gasteiger partial charge in [-0.05, 0) is 60.7 Å². The van der Waals surface area contributed by atoms with E-state index in [2.05, 4.69) is 20.2 Å². The van der Waals surface area contributed by atoms with E-state index in [0.29, 0.717) is 34.2 Å². The second-order valence-corrected chi connectivity index (χ2v) is 5.68. The maximum atomic E-state index is 10.9. The molecule has 7 nitrogen and oxygen atoms in total. The van der Waals surface area contributed by atoms with Crippen LogP contribution in [0, 0.1) is 0 Å². The van der Waals surface area contributed by atoms with Gasteiger partial charge in [0.25, 0.3) is 0 Å². The van der Waals surface area contributed by atoms with Gasteiger partial charge >= 0.3 is 5.97 Å². The Hall–Kier alpha value is -3.87. The van der Waals surface area contributed by atoms with Gasteiger partial charge in [0.15, 0.2) is 11.2 Å². The molecule has 4 rings (SSSR count). The Bertz CT molecular complexity index is 1080. The van der Waals surface area contributed by atoms with Crippen LogP contribution in [-0.2, 0) is 4.79 Å². The summed E-state index contributed by atoms with van der Waals surface area (Å²) in [7, 11) is 0. The summed E-state index contributed by atoms with van der Waals surface area (Å²) >= 11 is 0. The first-order valence-electron chi connectivity index (χ1n) is 8.19. The number of azo groups is 1. The third-order valence-electron chi connectivity index (χ3n) is 3.66. The zero-order valence-corrected chi connectivity index (χ0v) is 14.4. The highest BCUT2D eigenvalue weighted by Gasteiger charge is 2.08. The zero-order chi connectivity index (χ0) is 18.6. The molecular formula is C20H14N4O3. The third-order valence-corrected chi connectivity index (χ3v) is 3.66. The van der Waals surface area contributed by atoms with Gasteiger partial charge in [0.2, 0.25) is 5.89 Å². The number of pyridine rings is 1. The molecule has 0 saturated heterocycles. The molecule has 0 saturated carbocycles. The van der Waals surface area contributed by atoms with Crippen LogP contribution >= 0.6 is 0 Å². The van der Waals surface area contributed by atoms with Crippen molar-refractivity contribution in [3.05, 3.63) is 66.9 Å². The van der Waals surface area contributed by atoms with E-state index in [0.717, 1.165) is 5.56 Å².